The Morgan fingerprint density at radius 1 is 0.480 bits per heavy atom. The standard InChI is InChI=1S/C65H121N2O7P/c1-7-10-13-16-19-22-25-28-30-31-32-33-34-35-37-39-42-45-48-51-54-57-64(68)66-62(61-73-75(70,71)72-60-59-67(4,5)6)63(56-53-50-47-44-41-38-27-24-21-18-15-12-9-3)74-65(69)58-55-52-49-46-43-40-36-29-26-23-20-17-14-11-8-2/h19-20,22-23,26,28-30,53,56,62-63H,7-18,21,24-25,27,31-52,54-55,57-61H2,1-6H3,(H-,66,68,70,71)/b22-19-,23-20+,29-26+,30-28-,56-53-. The smallest absolute Gasteiger partial charge is 0.306 e. The summed E-state index contributed by atoms with van der Waals surface area (Å²) in [6.45, 7) is 6.80. The Kier molecular flexibility index (Phi) is 53.4. The highest BCUT2D eigenvalue weighted by Gasteiger charge is 2.27. The lowest BCUT2D eigenvalue weighted by molar-refractivity contribution is -0.870. The van der Waals surface area contributed by atoms with E-state index in [2.05, 4.69) is 74.7 Å². The Bertz CT molecular complexity index is 1470. The van der Waals surface area contributed by atoms with Crippen LogP contribution in [0.2, 0.25) is 0 Å². The molecule has 1 amide bonds. The van der Waals surface area contributed by atoms with E-state index in [1.54, 1.807) is 0 Å². The molecule has 75 heavy (non-hydrogen) atoms. The highest BCUT2D eigenvalue weighted by atomic mass is 31.2. The summed E-state index contributed by atoms with van der Waals surface area (Å²) in [6.07, 6.45) is 68.9. The van der Waals surface area contributed by atoms with Gasteiger partial charge in [0, 0.05) is 12.8 Å². The second-order valence-electron chi connectivity index (χ2n) is 22.6. The van der Waals surface area contributed by atoms with E-state index in [0.717, 1.165) is 83.5 Å². The first-order chi connectivity index (χ1) is 36.4. The van der Waals surface area contributed by atoms with E-state index >= 15 is 0 Å². The average Bonchev–Trinajstić information content (AvgIpc) is 3.37. The van der Waals surface area contributed by atoms with Crippen molar-refractivity contribution in [3.05, 3.63) is 60.8 Å². The van der Waals surface area contributed by atoms with Gasteiger partial charge in [0.1, 0.15) is 19.3 Å². The number of unbranched alkanes of at least 4 members (excludes halogenated alkanes) is 34. The van der Waals surface area contributed by atoms with Gasteiger partial charge in [-0.2, -0.15) is 0 Å². The van der Waals surface area contributed by atoms with Crippen molar-refractivity contribution in [1.29, 1.82) is 0 Å². The number of esters is 1. The zero-order chi connectivity index (χ0) is 55.0. The fraction of sp³-hybridized carbons (Fsp3) is 0.815. The summed E-state index contributed by atoms with van der Waals surface area (Å²) in [7, 11) is 1.18. The summed E-state index contributed by atoms with van der Waals surface area (Å²) < 4.78 is 30.3. The molecular weight excluding hydrogens is 952 g/mol. The summed E-state index contributed by atoms with van der Waals surface area (Å²) in [5, 5.41) is 3.03. The summed E-state index contributed by atoms with van der Waals surface area (Å²) in [5.41, 5.74) is 0. The number of hydrogen-bond donors (Lipinski definition) is 1. The van der Waals surface area contributed by atoms with Gasteiger partial charge in [0.15, 0.2) is 0 Å². The molecule has 3 atom stereocenters. The molecule has 0 heterocycles. The molecule has 0 bridgehead atoms. The number of rotatable bonds is 57. The Hall–Kier alpha value is -2.29. The molecule has 0 aliphatic heterocycles. The number of allylic oxidation sites excluding steroid dienone is 9. The Morgan fingerprint density at radius 3 is 1.31 bits per heavy atom. The minimum Gasteiger partial charge on any atom is -0.756 e. The average molecular weight is 1070 g/mol. The molecule has 9 nitrogen and oxygen atoms in total. The fourth-order valence-corrected chi connectivity index (χ4v) is 9.74. The van der Waals surface area contributed by atoms with Gasteiger partial charge in [-0.25, -0.2) is 0 Å². The summed E-state index contributed by atoms with van der Waals surface area (Å²) >= 11 is 0. The van der Waals surface area contributed by atoms with Crippen molar-refractivity contribution in [1.82, 2.24) is 5.32 Å². The van der Waals surface area contributed by atoms with Gasteiger partial charge in [-0.3, -0.25) is 14.2 Å². The van der Waals surface area contributed by atoms with Gasteiger partial charge in [0.25, 0.3) is 7.82 Å². The lowest BCUT2D eigenvalue weighted by Gasteiger charge is -2.30. The second kappa shape index (κ2) is 55.0. The maximum atomic E-state index is 13.5. The molecular formula is C65H121N2O7P. The van der Waals surface area contributed by atoms with E-state index in [4.69, 9.17) is 13.8 Å². The molecule has 0 rings (SSSR count). The number of ether oxygens (including phenoxy) is 1. The number of phosphoric ester groups is 1. The van der Waals surface area contributed by atoms with Gasteiger partial charge in [0.2, 0.25) is 5.91 Å². The minimum atomic E-state index is -4.70. The van der Waals surface area contributed by atoms with Crippen LogP contribution in [0.15, 0.2) is 60.8 Å². The SMILES string of the molecule is CCCCC/C=C\C/C=C\CCCCCCCCCCCCCC(=O)NC(COP(=O)([O-])OCC[N+](C)(C)C)C(/C=C\CCCCCCCCCCCCC)OC(=O)CCCCCCCC/C=C/C=C/CCCCC. The maximum Gasteiger partial charge on any atom is 0.306 e. The van der Waals surface area contributed by atoms with Gasteiger partial charge in [-0.05, 0) is 89.5 Å². The van der Waals surface area contributed by atoms with Crippen LogP contribution in [0.5, 0.6) is 0 Å². The fourth-order valence-electron chi connectivity index (χ4n) is 9.01. The van der Waals surface area contributed by atoms with Crippen molar-refractivity contribution in [3.63, 3.8) is 0 Å². The van der Waals surface area contributed by atoms with Crippen molar-refractivity contribution in [2.75, 3.05) is 40.9 Å². The van der Waals surface area contributed by atoms with Crippen LogP contribution in [0.3, 0.4) is 0 Å². The predicted octanol–water partition coefficient (Wildman–Crippen LogP) is 18.8. The quantitative estimate of drug-likeness (QED) is 0.0161. The van der Waals surface area contributed by atoms with Gasteiger partial charge in [0.05, 0.1) is 33.8 Å². The van der Waals surface area contributed by atoms with Crippen LogP contribution in [0.1, 0.15) is 290 Å². The summed E-state index contributed by atoms with van der Waals surface area (Å²) in [4.78, 5) is 40.0. The van der Waals surface area contributed by atoms with E-state index in [1.807, 2.05) is 33.3 Å². The molecule has 0 fully saturated rings. The van der Waals surface area contributed by atoms with Crippen LogP contribution < -0.4 is 10.2 Å². The molecule has 0 radical (unpaired) electrons. The van der Waals surface area contributed by atoms with Crippen LogP contribution in [-0.2, 0) is 27.9 Å². The Balaban J connectivity index is 5.25. The van der Waals surface area contributed by atoms with Crippen LogP contribution in [0.25, 0.3) is 0 Å². The molecule has 0 saturated carbocycles. The van der Waals surface area contributed by atoms with Crippen LogP contribution in [0, 0.1) is 0 Å². The highest BCUT2D eigenvalue weighted by molar-refractivity contribution is 7.45. The topological polar surface area (TPSA) is 114 Å². The molecule has 0 aromatic rings. The first kappa shape index (κ1) is 72.7. The maximum absolute atomic E-state index is 13.5. The molecule has 0 aromatic heterocycles. The van der Waals surface area contributed by atoms with Gasteiger partial charge >= 0.3 is 5.97 Å². The Labute approximate surface area is 464 Å². The van der Waals surface area contributed by atoms with Crippen molar-refractivity contribution < 1.29 is 37.3 Å². The molecule has 3 unspecified atom stereocenters. The third kappa shape index (κ3) is 56.2. The van der Waals surface area contributed by atoms with Crippen molar-refractivity contribution in [2.24, 2.45) is 0 Å². The normalized spacial score (nSPS) is 14.1. The molecule has 0 aliphatic carbocycles. The number of hydrogen-bond acceptors (Lipinski definition) is 7. The highest BCUT2D eigenvalue weighted by Crippen LogP contribution is 2.38. The minimum absolute atomic E-state index is 0.0254. The number of carbonyl (C=O) groups is 2. The van der Waals surface area contributed by atoms with E-state index in [9.17, 15) is 19.0 Å². The van der Waals surface area contributed by atoms with E-state index < -0.39 is 26.6 Å². The van der Waals surface area contributed by atoms with Crippen LogP contribution in [-0.4, -0.2) is 69.4 Å². The number of likely N-dealkylation sites (N-methyl/N-ethyl adjacent to an activating group) is 1. The van der Waals surface area contributed by atoms with Crippen molar-refractivity contribution in [2.45, 2.75) is 303 Å². The third-order valence-electron chi connectivity index (χ3n) is 13.9. The van der Waals surface area contributed by atoms with E-state index in [0.29, 0.717) is 17.4 Å². The number of carbonyl (C=O) groups excluding carboxylic acids is 2. The molecule has 0 saturated heterocycles. The number of nitrogens with zero attached hydrogens (tertiary/aromatic N) is 1. The lowest BCUT2D eigenvalue weighted by atomic mass is 10.0. The Morgan fingerprint density at radius 2 is 0.853 bits per heavy atom. The third-order valence-corrected chi connectivity index (χ3v) is 14.9. The summed E-state index contributed by atoms with van der Waals surface area (Å²) in [5.74, 6) is -0.551. The largest absolute Gasteiger partial charge is 0.756 e. The zero-order valence-electron chi connectivity index (χ0n) is 50.0. The van der Waals surface area contributed by atoms with Crippen LogP contribution in [0.4, 0.5) is 0 Å². The number of phosphoric acid groups is 1. The van der Waals surface area contributed by atoms with Crippen molar-refractivity contribution in [3.8, 4) is 0 Å². The number of nitrogens with one attached hydrogen (secondary N) is 1. The number of quaternary nitrogens is 1. The lowest BCUT2D eigenvalue weighted by Crippen LogP contribution is -2.47. The number of amides is 1. The molecule has 0 aromatic carbocycles. The van der Waals surface area contributed by atoms with Gasteiger partial charge < -0.3 is 28.5 Å². The first-order valence-electron chi connectivity index (χ1n) is 31.6. The first-order valence-corrected chi connectivity index (χ1v) is 33.1. The molecule has 10 heteroatoms. The van der Waals surface area contributed by atoms with Gasteiger partial charge in [-0.15, -0.1) is 0 Å². The molecule has 1 N–H and O–H groups in total. The van der Waals surface area contributed by atoms with Crippen LogP contribution >= 0.6 is 7.82 Å². The second-order valence-corrected chi connectivity index (χ2v) is 24.0. The molecule has 0 aliphatic rings. The molecule has 0 spiro atoms. The molecule has 438 valence electrons. The van der Waals surface area contributed by atoms with E-state index in [-0.39, 0.29) is 24.9 Å². The van der Waals surface area contributed by atoms with E-state index in [1.165, 1.54) is 173 Å². The monoisotopic (exact) mass is 1070 g/mol. The predicted molar refractivity (Wildman–Crippen MR) is 321 cm³/mol. The van der Waals surface area contributed by atoms with Crippen molar-refractivity contribution >= 4 is 19.7 Å². The summed E-state index contributed by atoms with van der Waals surface area (Å²) in [6, 6.07) is -0.895. The van der Waals surface area contributed by atoms with Gasteiger partial charge in [-0.1, -0.05) is 249 Å². The zero-order valence-corrected chi connectivity index (χ0v) is 50.9.